The molecule has 0 unspecified atom stereocenters. The van der Waals surface area contributed by atoms with Crippen LogP contribution in [0.5, 0.6) is 0 Å². The number of rotatable bonds is 12. The van der Waals surface area contributed by atoms with Gasteiger partial charge in [0.15, 0.2) is 6.54 Å². The number of quaternary nitrogens is 1. The van der Waals surface area contributed by atoms with Gasteiger partial charge in [0, 0.05) is 18.5 Å². The summed E-state index contributed by atoms with van der Waals surface area (Å²) in [6, 6.07) is 5.33. The van der Waals surface area contributed by atoms with E-state index in [0.29, 0.717) is 25.1 Å². The molecular formula is C24H37FN3O4+. The number of halogens is 1. The average molecular weight is 451 g/mol. The molecule has 32 heavy (non-hydrogen) atoms. The summed E-state index contributed by atoms with van der Waals surface area (Å²) in [5.74, 6) is -1.41. The predicted molar refractivity (Wildman–Crippen MR) is 120 cm³/mol. The summed E-state index contributed by atoms with van der Waals surface area (Å²) in [4.78, 5) is 38.8. The molecule has 0 aliphatic carbocycles. The molecule has 0 spiro atoms. The van der Waals surface area contributed by atoms with Crippen LogP contribution in [-0.4, -0.2) is 46.5 Å². The number of anilines is 1. The molecule has 3 amide bonds. The number of hydroxylamine groups is 1. The Morgan fingerprint density at radius 1 is 1.12 bits per heavy atom. The number of nitrogens with one attached hydrogen (secondary N) is 2. The van der Waals surface area contributed by atoms with Gasteiger partial charge in [-0.1, -0.05) is 39.0 Å². The van der Waals surface area contributed by atoms with Crippen LogP contribution in [0.1, 0.15) is 72.1 Å². The van der Waals surface area contributed by atoms with Crippen molar-refractivity contribution in [1.82, 2.24) is 5.48 Å². The van der Waals surface area contributed by atoms with Crippen molar-refractivity contribution in [2.75, 3.05) is 18.4 Å². The van der Waals surface area contributed by atoms with Gasteiger partial charge in [-0.25, -0.2) is 14.7 Å². The third-order valence-electron chi connectivity index (χ3n) is 6.77. The summed E-state index contributed by atoms with van der Waals surface area (Å²) in [5, 5.41) is 11.8. The maximum absolute atomic E-state index is 13.9. The molecule has 1 aromatic rings. The van der Waals surface area contributed by atoms with Gasteiger partial charge < -0.3 is 5.32 Å². The average Bonchev–Trinajstić information content (AvgIpc) is 3.02. The molecule has 7 nitrogen and oxygen atoms in total. The predicted octanol–water partition coefficient (Wildman–Crippen LogP) is 4.16. The summed E-state index contributed by atoms with van der Waals surface area (Å²) in [6.07, 6.45) is 6.12. The Balaban J connectivity index is 2.20. The SMILES string of the molecule is CCCCCCC[C@@]1(CC(=O)NO)CC[N@+](CC(=O)Nc2ccc(F)cc2)(C(C)C)C1=O. The lowest BCUT2D eigenvalue weighted by molar-refractivity contribution is -0.860. The van der Waals surface area contributed by atoms with Crippen LogP contribution in [0.3, 0.4) is 0 Å². The topological polar surface area (TPSA) is 95.5 Å². The monoisotopic (exact) mass is 450 g/mol. The number of benzene rings is 1. The third-order valence-corrected chi connectivity index (χ3v) is 6.77. The fourth-order valence-corrected chi connectivity index (χ4v) is 4.81. The highest BCUT2D eigenvalue weighted by atomic mass is 19.1. The normalized spacial score (nSPS) is 22.9. The van der Waals surface area contributed by atoms with Gasteiger partial charge in [-0.05, 0) is 44.5 Å². The van der Waals surface area contributed by atoms with Gasteiger partial charge in [0.2, 0.25) is 5.91 Å². The molecule has 2 atom stereocenters. The lowest BCUT2D eigenvalue weighted by Crippen LogP contribution is -2.59. The van der Waals surface area contributed by atoms with E-state index < -0.39 is 17.1 Å². The second-order valence-electron chi connectivity index (χ2n) is 9.28. The van der Waals surface area contributed by atoms with Crippen LogP contribution >= 0.6 is 0 Å². The molecule has 1 saturated heterocycles. The molecule has 0 aromatic heterocycles. The van der Waals surface area contributed by atoms with Crippen LogP contribution in [-0.2, 0) is 14.4 Å². The first-order valence-electron chi connectivity index (χ1n) is 11.6. The Hall–Kier alpha value is -2.32. The van der Waals surface area contributed by atoms with Crippen molar-refractivity contribution in [2.24, 2.45) is 5.41 Å². The molecule has 0 saturated carbocycles. The lowest BCUT2D eigenvalue weighted by atomic mass is 9.77. The zero-order valence-corrected chi connectivity index (χ0v) is 19.5. The van der Waals surface area contributed by atoms with E-state index in [1.807, 2.05) is 13.8 Å². The third kappa shape index (κ3) is 6.13. The van der Waals surface area contributed by atoms with Gasteiger partial charge >= 0.3 is 5.91 Å². The van der Waals surface area contributed by atoms with Gasteiger partial charge in [-0.2, -0.15) is 0 Å². The second kappa shape index (κ2) is 11.5. The number of carbonyl (C=O) groups excluding carboxylic acids is 3. The summed E-state index contributed by atoms with van der Waals surface area (Å²) in [7, 11) is 0. The Labute approximate surface area is 189 Å². The van der Waals surface area contributed by atoms with Gasteiger partial charge in [0.05, 0.1) is 18.0 Å². The van der Waals surface area contributed by atoms with Crippen molar-refractivity contribution in [3.05, 3.63) is 30.1 Å². The van der Waals surface area contributed by atoms with Crippen LogP contribution in [0.2, 0.25) is 0 Å². The molecule has 2 rings (SSSR count). The second-order valence-corrected chi connectivity index (χ2v) is 9.28. The number of hydrogen-bond acceptors (Lipinski definition) is 4. The quantitative estimate of drug-likeness (QED) is 0.193. The van der Waals surface area contributed by atoms with E-state index in [0.717, 1.165) is 32.1 Å². The molecule has 1 aliphatic heterocycles. The number of unbranched alkanes of at least 4 members (excludes halogenated alkanes) is 4. The van der Waals surface area contributed by atoms with Crippen LogP contribution in [0.15, 0.2) is 24.3 Å². The van der Waals surface area contributed by atoms with Crippen molar-refractivity contribution in [3.8, 4) is 0 Å². The zero-order valence-electron chi connectivity index (χ0n) is 19.5. The number of nitrogens with zero attached hydrogens (tertiary/aromatic N) is 1. The highest BCUT2D eigenvalue weighted by Crippen LogP contribution is 2.45. The Kier molecular flexibility index (Phi) is 9.33. The molecule has 3 N–H and O–H groups in total. The van der Waals surface area contributed by atoms with Crippen molar-refractivity contribution in [3.63, 3.8) is 0 Å². The van der Waals surface area contributed by atoms with Gasteiger partial charge in [-0.3, -0.25) is 19.3 Å². The van der Waals surface area contributed by atoms with E-state index in [1.165, 1.54) is 24.3 Å². The van der Waals surface area contributed by atoms with Crippen molar-refractivity contribution < 1.29 is 28.5 Å². The molecular weight excluding hydrogens is 413 g/mol. The van der Waals surface area contributed by atoms with Crippen LogP contribution < -0.4 is 10.8 Å². The van der Waals surface area contributed by atoms with E-state index in [9.17, 15) is 18.8 Å². The van der Waals surface area contributed by atoms with E-state index in [2.05, 4.69) is 12.2 Å². The molecule has 1 heterocycles. The van der Waals surface area contributed by atoms with Crippen molar-refractivity contribution in [1.29, 1.82) is 0 Å². The van der Waals surface area contributed by atoms with Gasteiger partial charge in [0.25, 0.3) is 5.91 Å². The Bertz CT molecular complexity index is 799. The van der Waals surface area contributed by atoms with Crippen molar-refractivity contribution >= 4 is 23.4 Å². The first-order chi connectivity index (χ1) is 15.2. The van der Waals surface area contributed by atoms with Gasteiger partial charge in [-0.15, -0.1) is 0 Å². The minimum absolute atomic E-state index is 0.0410. The number of likely N-dealkylation sites (tertiary alicyclic amines) is 1. The van der Waals surface area contributed by atoms with E-state index in [4.69, 9.17) is 5.21 Å². The van der Waals surface area contributed by atoms with Crippen molar-refractivity contribution in [2.45, 2.75) is 78.2 Å². The maximum Gasteiger partial charge on any atom is 0.321 e. The summed E-state index contributed by atoms with van der Waals surface area (Å²) >= 11 is 0. The molecule has 0 bridgehead atoms. The summed E-state index contributed by atoms with van der Waals surface area (Å²) in [5.41, 5.74) is 1.25. The smallest absolute Gasteiger partial charge is 0.321 e. The lowest BCUT2D eigenvalue weighted by Gasteiger charge is -2.37. The van der Waals surface area contributed by atoms with Crippen LogP contribution in [0, 0.1) is 11.2 Å². The molecule has 1 aliphatic rings. The zero-order chi connectivity index (χ0) is 23.8. The maximum atomic E-state index is 13.9. The standard InChI is InChI=1S/C24H36FN3O4/c1-4-5-6-7-8-13-24(16-21(29)27-32)14-15-28(18(2)3,23(24)31)17-22(30)26-20-11-9-19(25)10-12-20/h9-12,18H,4-8,13-17H2,1-3H3,(H2-,26,27,29,30,32)/p+1/t24-,28-/m0/s1. The van der Waals surface area contributed by atoms with Gasteiger partial charge in [0.1, 0.15) is 5.82 Å². The highest BCUT2D eigenvalue weighted by Gasteiger charge is 2.60. The molecule has 178 valence electrons. The molecule has 8 heteroatoms. The highest BCUT2D eigenvalue weighted by molar-refractivity contribution is 5.94. The molecule has 1 aromatic carbocycles. The fourth-order valence-electron chi connectivity index (χ4n) is 4.81. The number of carbonyl (C=O) groups is 3. The first-order valence-corrected chi connectivity index (χ1v) is 11.6. The minimum atomic E-state index is -0.889. The largest absolute Gasteiger partial charge is 0.321 e. The number of hydrogen-bond donors (Lipinski definition) is 3. The minimum Gasteiger partial charge on any atom is -0.321 e. The first kappa shape index (κ1) is 25.9. The number of amides is 3. The van der Waals surface area contributed by atoms with E-state index in [1.54, 1.807) is 5.48 Å². The molecule has 1 fully saturated rings. The summed E-state index contributed by atoms with van der Waals surface area (Å²) < 4.78 is 13.1. The van der Waals surface area contributed by atoms with E-state index in [-0.39, 0.29) is 35.3 Å². The summed E-state index contributed by atoms with van der Waals surface area (Å²) in [6.45, 7) is 6.37. The fraction of sp³-hybridized carbons (Fsp3) is 0.625. The Morgan fingerprint density at radius 3 is 2.38 bits per heavy atom. The molecule has 0 radical (unpaired) electrons. The van der Waals surface area contributed by atoms with Crippen LogP contribution in [0.25, 0.3) is 0 Å². The Morgan fingerprint density at radius 2 is 1.78 bits per heavy atom. The van der Waals surface area contributed by atoms with E-state index >= 15 is 0 Å². The van der Waals surface area contributed by atoms with Crippen LogP contribution in [0.4, 0.5) is 10.1 Å².